The number of β-amino-alcohol motifs (C(OH)–C–C–N with tert-alkyl or cyclic N) is 1. The molecule has 13 heavy (non-hydrogen) atoms. The molecule has 0 aliphatic carbocycles. The van der Waals surface area contributed by atoms with E-state index in [9.17, 15) is 5.11 Å². The highest BCUT2D eigenvalue weighted by Crippen LogP contribution is 2.10. The molecule has 0 spiro atoms. The van der Waals surface area contributed by atoms with Crippen LogP contribution < -0.4 is 5.32 Å². The normalized spacial score (nSPS) is 17.1. The summed E-state index contributed by atoms with van der Waals surface area (Å²) in [6.45, 7) is 11.3. The van der Waals surface area contributed by atoms with Crippen molar-refractivity contribution in [2.45, 2.75) is 59.1 Å². The summed E-state index contributed by atoms with van der Waals surface area (Å²) >= 11 is 0. The molecule has 0 bridgehead atoms. The second kappa shape index (κ2) is 5.61. The summed E-state index contributed by atoms with van der Waals surface area (Å²) in [5.74, 6) is 0.403. The van der Waals surface area contributed by atoms with E-state index < -0.39 is 0 Å². The van der Waals surface area contributed by atoms with Crippen molar-refractivity contribution in [3.05, 3.63) is 0 Å². The predicted octanol–water partition coefficient (Wildman–Crippen LogP) is 2.17. The number of hydrogen-bond donors (Lipinski definition) is 2. The second-order valence-electron chi connectivity index (χ2n) is 4.96. The van der Waals surface area contributed by atoms with E-state index in [1.807, 2.05) is 0 Å². The van der Waals surface area contributed by atoms with E-state index >= 15 is 0 Å². The zero-order valence-corrected chi connectivity index (χ0v) is 9.72. The number of rotatable bonds is 5. The van der Waals surface area contributed by atoms with Gasteiger partial charge in [-0.15, -0.1) is 0 Å². The van der Waals surface area contributed by atoms with E-state index in [0.29, 0.717) is 12.5 Å². The molecule has 0 aliphatic heterocycles. The van der Waals surface area contributed by atoms with Crippen molar-refractivity contribution >= 4 is 0 Å². The van der Waals surface area contributed by atoms with Crippen LogP contribution in [0.1, 0.15) is 47.5 Å². The van der Waals surface area contributed by atoms with Crippen LogP contribution in [0.4, 0.5) is 0 Å². The zero-order valence-electron chi connectivity index (χ0n) is 9.72. The van der Waals surface area contributed by atoms with Crippen LogP contribution in [0.25, 0.3) is 0 Å². The van der Waals surface area contributed by atoms with Gasteiger partial charge in [-0.1, -0.05) is 20.3 Å². The number of nitrogens with one attached hydrogen (secondary N) is 1. The van der Waals surface area contributed by atoms with E-state index in [1.165, 1.54) is 0 Å². The highest BCUT2D eigenvalue weighted by atomic mass is 16.3. The molecule has 80 valence electrons. The fourth-order valence-corrected chi connectivity index (χ4v) is 1.26. The van der Waals surface area contributed by atoms with Gasteiger partial charge < -0.3 is 10.4 Å². The summed E-state index contributed by atoms with van der Waals surface area (Å²) in [6, 6.07) is 0. The quantitative estimate of drug-likeness (QED) is 0.691. The minimum absolute atomic E-state index is 0.104. The van der Waals surface area contributed by atoms with Gasteiger partial charge in [0, 0.05) is 12.1 Å². The van der Waals surface area contributed by atoms with Crippen LogP contribution >= 0.6 is 0 Å². The lowest BCUT2D eigenvalue weighted by Gasteiger charge is -2.25. The van der Waals surface area contributed by atoms with Gasteiger partial charge in [-0.05, 0) is 33.1 Å². The fraction of sp³-hybridized carbons (Fsp3) is 1.00. The first-order valence-electron chi connectivity index (χ1n) is 5.30. The molecule has 0 aromatic carbocycles. The predicted molar refractivity (Wildman–Crippen MR) is 57.8 cm³/mol. The molecule has 2 N–H and O–H groups in total. The van der Waals surface area contributed by atoms with E-state index in [1.54, 1.807) is 0 Å². The minimum atomic E-state index is -0.209. The van der Waals surface area contributed by atoms with Crippen molar-refractivity contribution in [1.29, 1.82) is 0 Å². The van der Waals surface area contributed by atoms with Crippen LogP contribution in [0, 0.1) is 5.92 Å². The van der Waals surface area contributed by atoms with Crippen LogP contribution in [0.5, 0.6) is 0 Å². The molecule has 0 aliphatic rings. The molecule has 0 fully saturated rings. The standard InChI is InChI=1S/C11H25NO/c1-6-7-9(2)10(13)8-12-11(3,4)5/h9-10,12-13H,6-8H2,1-5H3. The Morgan fingerprint density at radius 2 is 1.85 bits per heavy atom. The maximum Gasteiger partial charge on any atom is 0.0690 e. The van der Waals surface area contributed by atoms with Gasteiger partial charge in [0.1, 0.15) is 0 Å². The van der Waals surface area contributed by atoms with E-state index in [-0.39, 0.29) is 11.6 Å². The second-order valence-corrected chi connectivity index (χ2v) is 4.96. The van der Waals surface area contributed by atoms with Gasteiger partial charge in [0.2, 0.25) is 0 Å². The SMILES string of the molecule is CCCC(C)C(O)CNC(C)(C)C. The van der Waals surface area contributed by atoms with Crippen LogP contribution in [0.2, 0.25) is 0 Å². The minimum Gasteiger partial charge on any atom is -0.392 e. The molecule has 2 atom stereocenters. The Kier molecular flexibility index (Phi) is 5.57. The third-order valence-electron chi connectivity index (χ3n) is 2.24. The van der Waals surface area contributed by atoms with Gasteiger partial charge in [-0.3, -0.25) is 0 Å². The van der Waals surface area contributed by atoms with Gasteiger partial charge in [-0.2, -0.15) is 0 Å². The third-order valence-corrected chi connectivity index (χ3v) is 2.24. The lowest BCUT2D eigenvalue weighted by Crippen LogP contribution is -2.42. The monoisotopic (exact) mass is 187 g/mol. The molecule has 0 rings (SSSR count). The Bertz CT molecular complexity index is 129. The van der Waals surface area contributed by atoms with Crippen LogP contribution in [-0.4, -0.2) is 23.3 Å². The molecule has 0 saturated heterocycles. The van der Waals surface area contributed by atoms with Crippen molar-refractivity contribution in [2.75, 3.05) is 6.54 Å². The topological polar surface area (TPSA) is 32.3 Å². The number of aliphatic hydroxyl groups is 1. The Morgan fingerprint density at radius 3 is 2.23 bits per heavy atom. The average molecular weight is 187 g/mol. The molecule has 2 nitrogen and oxygen atoms in total. The van der Waals surface area contributed by atoms with Crippen molar-refractivity contribution in [1.82, 2.24) is 5.32 Å². The van der Waals surface area contributed by atoms with Gasteiger partial charge >= 0.3 is 0 Å². The maximum absolute atomic E-state index is 9.75. The van der Waals surface area contributed by atoms with Gasteiger partial charge in [0.15, 0.2) is 0 Å². The first-order chi connectivity index (χ1) is 5.87. The molecule has 0 saturated carbocycles. The van der Waals surface area contributed by atoms with Crippen molar-refractivity contribution in [3.63, 3.8) is 0 Å². The summed E-state index contributed by atoms with van der Waals surface area (Å²) in [4.78, 5) is 0. The molecular weight excluding hydrogens is 162 g/mol. The molecule has 0 radical (unpaired) electrons. The van der Waals surface area contributed by atoms with Crippen molar-refractivity contribution < 1.29 is 5.11 Å². The number of hydrogen-bond acceptors (Lipinski definition) is 2. The molecule has 2 unspecified atom stereocenters. The highest BCUT2D eigenvalue weighted by molar-refractivity contribution is 4.75. The van der Waals surface area contributed by atoms with E-state index in [0.717, 1.165) is 12.8 Å². The molecule has 0 heterocycles. The molecule has 0 amide bonds. The van der Waals surface area contributed by atoms with Crippen LogP contribution in [0.3, 0.4) is 0 Å². The highest BCUT2D eigenvalue weighted by Gasteiger charge is 2.16. The van der Waals surface area contributed by atoms with Crippen LogP contribution in [-0.2, 0) is 0 Å². The summed E-state index contributed by atoms with van der Waals surface area (Å²) in [5, 5.41) is 13.1. The lowest BCUT2D eigenvalue weighted by atomic mass is 9.98. The van der Waals surface area contributed by atoms with Crippen molar-refractivity contribution in [3.8, 4) is 0 Å². The molecule has 0 aromatic rings. The summed E-state index contributed by atoms with van der Waals surface area (Å²) in [7, 11) is 0. The summed E-state index contributed by atoms with van der Waals surface area (Å²) in [5.41, 5.74) is 0.104. The average Bonchev–Trinajstić information content (AvgIpc) is 1.99. The third kappa shape index (κ3) is 7.03. The summed E-state index contributed by atoms with van der Waals surface area (Å²) < 4.78 is 0. The molecule has 0 aromatic heterocycles. The molecule has 2 heteroatoms. The Morgan fingerprint density at radius 1 is 1.31 bits per heavy atom. The number of aliphatic hydroxyl groups excluding tert-OH is 1. The largest absolute Gasteiger partial charge is 0.392 e. The maximum atomic E-state index is 9.75. The first-order valence-corrected chi connectivity index (χ1v) is 5.30. The smallest absolute Gasteiger partial charge is 0.0690 e. The Hall–Kier alpha value is -0.0800. The van der Waals surface area contributed by atoms with Gasteiger partial charge in [0.25, 0.3) is 0 Å². The first kappa shape index (κ1) is 12.9. The molecular formula is C11H25NO. The zero-order chi connectivity index (χ0) is 10.5. The van der Waals surface area contributed by atoms with Gasteiger partial charge in [-0.25, -0.2) is 0 Å². The van der Waals surface area contributed by atoms with Crippen LogP contribution in [0.15, 0.2) is 0 Å². The van der Waals surface area contributed by atoms with E-state index in [2.05, 4.69) is 39.9 Å². The Balaban J connectivity index is 3.67. The summed E-state index contributed by atoms with van der Waals surface area (Å²) in [6.07, 6.45) is 2.04. The van der Waals surface area contributed by atoms with Gasteiger partial charge in [0.05, 0.1) is 6.10 Å². The van der Waals surface area contributed by atoms with Crippen molar-refractivity contribution in [2.24, 2.45) is 5.92 Å². The lowest BCUT2D eigenvalue weighted by molar-refractivity contribution is 0.102. The van der Waals surface area contributed by atoms with E-state index in [4.69, 9.17) is 0 Å². The fourth-order valence-electron chi connectivity index (χ4n) is 1.26. The Labute approximate surface area is 82.7 Å².